The molecule has 0 spiro atoms. The fourth-order valence-corrected chi connectivity index (χ4v) is 2.00. The Labute approximate surface area is 129 Å². The molecule has 1 amide bonds. The van der Waals surface area contributed by atoms with Crippen LogP contribution in [0.2, 0.25) is 0 Å². The molecule has 1 rings (SSSR count). The number of nitrogens with one attached hydrogen (secondary N) is 2. The quantitative estimate of drug-likeness (QED) is 0.686. The first-order chi connectivity index (χ1) is 10.5. The number of carbonyl (C=O) groups excluding carboxylic acids is 2. The number of hydrogen-bond acceptors (Lipinski definition) is 6. The van der Waals surface area contributed by atoms with Gasteiger partial charge in [-0.1, -0.05) is 0 Å². The monoisotopic (exact) mass is 310 g/mol. The Morgan fingerprint density at radius 1 is 1.18 bits per heavy atom. The maximum Gasteiger partial charge on any atom is 0.307 e. The van der Waals surface area contributed by atoms with Gasteiger partial charge in [-0.2, -0.15) is 0 Å². The van der Waals surface area contributed by atoms with Crippen molar-refractivity contribution >= 4 is 11.9 Å². The predicted octanol–water partition coefficient (Wildman–Crippen LogP) is 0.644. The molecule has 22 heavy (non-hydrogen) atoms. The number of ether oxygens (including phenoxy) is 3. The molecule has 0 aromatic heterocycles. The van der Waals surface area contributed by atoms with Gasteiger partial charge in [0.1, 0.15) is 11.5 Å². The van der Waals surface area contributed by atoms with Crippen LogP contribution in [0.15, 0.2) is 18.2 Å². The lowest BCUT2D eigenvalue weighted by Crippen LogP contribution is -2.36. The summed E-state index contributed by atoms with van der Waals surface area (Å²) in [5, 5.41) is 5.55. The summed E-state index contributed by atoms with van der Waals surface area (Å²) in [5.41, 5.74) is 0.679. The summed E-state index contributed by atoms with van der Waals surface area (Å²) in [6.07, 6.45) is 0.00857. The van der Waals surface area contributed by atoms with Gasteiger partial charge in [-0.3, -0.25) is 9.59 Å². The smallest absolute Gasteiger partial charge is 0.307 e. The van der Waals surface area contributed by atoms with E-state index in [9.17, 15) is 9.59 Å². The molecule has 2 N–H and O–H groups in total. The fourth-order valence-electron chi connectivity index (χ4n) is 2.00. The summed E-state index contributed by atoms with van der Waals surface area (Å²) in [7, 11) is 6.04. The molecule has 0 heterocycles. The van der Waals surface area contributed by atoms with Crippen LogP contribution in [-0.4, -0.2) is 46.8 Å². The summed E-state index contributed by atoms with van der Waals surface area (Å²) < 4.78 is 15.2. The van der Waals surface area contributed by atoms with Crippen molar-refractivity contribution in [2.75, 3.05) is 34.9 Å². The van der Waals surface area contributed by atoms with Crippen molar-refractivity contribution < 1.29 is 23.8 Å². The van der Waals surface area contributed by atoms with E-state index < -0.39 is 12.0 Å². The Bertz CT molecular complexity index is 519. The molecule has 0 aliphatic carbocycles. The molecular formula is C15H22N2O5. The highest BCUT2D eigenvalue weighted by Gasteiger charge is 2.22. The second-order valence-corrected chi connectivity index (χ2v) is 4.54. The average molecular weight is 310 g/mol. The summed E-state index contributed by atoms with van der Waals surface area (Å²) in [4.78, 5) is 23.4. The van der Waals surface area contributed by atoms with Crippen LogP contribution < -0.4 is 20.1 Å². The molecule has 122 valence electrons. The van der Waals surface area contributed by atoms with Gasteiger partial charge in [-0.05, 0) is 19.2 Å². The van der Waals surface area contributed by atoms with Gasteiger partial charge in [0.2, 0.25) is 5.91 Å². The number of rotatable bonds is 8. The van der Waals surface area contributed by atoms with E-state index in [4.69, 9.17) is 14.2 Å². The van der Waals surface area contributed by atoms with Gasteiger partial charge in [0.15, 0.2) is 0 Å². The first kappa shape index (κ1) is 17.8. The average Bonchev–Trinajstić information content (AvgIpc) is 2.53. The van der Waals surface area contributed by atoms with Crippen molar-refractivity contribution in [2.24, 2.45) is 0 Å². The van der Waals surface area contributed by atoms with Crippen LogP contribution in [0.4, 0.5) is 0 Å². The maximum absolute atomic E-state index is 11.8. The summed E-state index contributed by atoms with van der Waals surface area (Å²) >= 11 is 0. The highest BCUT2D eigenvalue weighted by Crippen LogP contribution is 2.31. The highest BCUT2D eigenvalue weighted by molar-refractivity contribution is 5.80. The van der Waals surface area contributed by atoms with E-state index in [-0.39, 0.29) is 18.9 Å². The van der Waals surface area contributed by atoms with E-state index in [0.29, 0.717) is 17.1 Å². The van der Waals surface area contributed by atoms with E-state index in [2.05, 4.69) is 10.6 Å². The lowest BCUT2D eigenvalue weighted by atomic mass is 10.0. The zero-order valence-electron chi connectivity index (χ0n) is 13.3. The van der Waals surface area contributed by atoms with Gasteiger partial charge in [0.25, 0.3) is 0 Å². The highest BCUT2D eigenvalue weighted by atomic mass is 16.5. The number of esters is 1. The van der Waals surface area contributed by atoms with Gasteiger partial charge >= 0.3 is 5.97 Å². The molecule has 0 saturated carbocycles. The first-order valence-corrected chi connectivity index (χ1v) is 6.78. The topological polar surface area (TPSA) is 85.9 Å². The second kappa shape index (κ2) is 8.89. The number of likely N-dealkylation sites (N-methyl/N-ethyl adjacent to an activating group) is 1. The van der Waals surface area contributed by atoms with Gasteiger partial charge in [-0.15, -0.1) is 0 Å². The minimum Gasteiger partial charge on any atom is -0.497 e. The summed E-state index contributed by atoms with van der Waals surface area (Å²) in [5.74, 6) is 0.499. The van der Waals surface area contributed by atoms with E-state index in [1.165, 1.54) is 14.2 Å². The third-order valence-corrected chi connectivity index (χ3v) is 3.09. The molecule has 7 nitrogen and oxygen atoms in total. The Morgan fingerprint density at radius 2 is 1.91 bits per heavy atom. The van der Waals surface area contributed by atoms with Crippen LogP contribution in [0.1, 0.15) is 18.0 Å². The van der Waals surface area contributed by atoms with Crippen LogP contribution in [0, 0.1) is 0 Å². The van der Waals surface area contributed by atoms with Crippen molar-refractivity contribution in [1.82, 2.24) is 10.6 Å². The van der Waals surface area contributed by atoms with Gasteiger partial charge in [0, 0.05) is 11.6 Å². The molecule has 1 atom stereocenters. The van der Waals surface area contributed by atoms with Crippen molar-refractivity contribution in [3.63, 3.8) is 0 Å². The normalized spacial score (nSPS) is 11.5. The van der Waals surface area contributed by atoms with Crippen LogP contribution in [0.5, 0.6) is 11.5 Å². The summed E-state index contributed by atoms with van der Waals surface area (Å²) in [6.45, 7) is 0.149. The largest absolute Gasteiger partial charge is 0.497 e. The van der Waals surface area contributed by atoms with E-state index in [1.807, 2.05) is 0 Å². The van der Waals surface area contributed by atoms with Gasteiger partial charge in [0.05, 0.1) is 40.3 Å². The zero-order valence-corrected chi connectivity index (χ0v) is 13.3. The van der Waals surface area contributed by atoms with Gasteiger partial charge < -0.3 is 24.8 Å². The number of hydrogen-bond donors (Lipinski definition) is 2. The molecule has 1 aromatic carbocycles. The fraction of sp³-hybridized carbons (Fsp3) is 0.467. The molecule has 0 aliphatic heterocycles. The molecule has 0 bridgehead atoms. The molecule has 1 unspecified atom stereocenters. The standard InChI is InChI=1S/C15H22N2O5/c1-16-9-14(18)17-12(8-15(19)22-4)11-6-5-10(20-2)7-13(11)21-3/h5-7,12,16H,8-9H2,1-4H3,(H,17,18). The Balaban J connectivity index is 3.08. The molecule has 0 saturated heterocycles. The third-order valence-electron chi connectivity index (χ3n) is 3.09. The molecule has 0 fully saturated rings. The predicted molar refractivity (Wildman–Crippen MR) is 81.0 cm³/mol. The Hall–Kier alpha value is -2.28. The van der Waals surface area contributed by atoms with Crippen LogP contribution in [0.3, 0.4) is 0 Å². The van der Waals surface area contributed by atoms with Crippen molar-refractivity contribution in [3.05, 3.63) is 23.8 Å². The van der Waals surface area contributed by atoms with Crippen LogP contribution in [-0.2, 0) is 14.3 Å². The Kier molecular flexibility index (Phi) is 7.18. The zero-order chi connectivity index (χ0) is 16.5. The Morgan fingerprint density at radius 3 is 2.45 bits per heavy atom. The molecule has 7 heteroatoms. The lowest BCUT2D eigenvalue weighted by Gasteiger charge is -2.21. The minimum atomic E-state index is -0.547. The number of amides is 1. The van der Waals surface area contributed by atoms with E-state index >= 15 is 0 Å². The first-order valence-electron chi connectivity index (χ1n) is 6.78. The third kappa shape index (κ3) is 4.92. The molecule has 1 aromatic rings. The molecule has 0 radical (unpaired) electrons. The van der Waals surface area contributed by atoms with Crippen molar-refractivity contribution in [1.29, 1.82) is 0 Å². The second-order valence-electron chi connectivity index (χ2n) is 4.54. The number of benzene rings is 1. The minimum absolute atomic E-state index is 0.00857. The van der Waals surface area contributed by atoms with Crippen LogP contribution in [0.25, 0.3) is 0 Å². The van der Waals surface area contributed by atoms with Crippen LogP contribution >= 0.6 is 0 Å². The van der Waals surface area contributed by atoms with E-state index in [0.717, 1.165) is 0 Å². The maximum atomic E-state index is 11.8. The number of methoxy groups -OCH3 is 3. The molecular weight excluding hydrogens is 288 g/mol. The summed E-state index contributed by atoms with van der Waals surface area (Å²) in [6, 6.07) is 4.65. The van der Waals surface area contributed by atoms with Gasteiger partial charge in [-0.25, -0.2) is 0 Å². The molecule has 0 aliphatic rings. The van der Waals surface area contributed by atoms with Crippen molar-refractivity contribution in [3.8, 4) is 11.5 Å². The van der Waals surface area contributed by atoms with E-state index in [1.54, 1.807) is 32.4 Å². The number of carbonyl (C=O) groups is 2. The lowest BCUT2D eigenvalue weighted by molar-refractivity contribution is -0.141. The van der Waals surface area contributed by atoms with Crippen molar-refractivity contribution in [2.45, 2.75) is 12.5 Å². The SMILES string of the molecule is CNCC(=O)NC(CC(=O)OC)c1ccc(OC)cc1OC.